The molecule has 0 fully saturated rings. The third kappa shape index (κ3) is 2.36. The van der Waals surface area contributed by atoms with Gasteiger partial charge in [0.05, 0.1) is 0 Å². The van der Waals surface area contributed by atoms with Crippen LogP contribution in [-0.4, -0.2) is 11.7 Å². The summed E-state index contributed by atoms with van der Waals surface area (Å²) in [6, 6.07) is 7.65. The zero-order valence-corrected chi connectivity index (χ0v) is 9.56. The van der Waals surface area contributed by atoms with E-state index in [9.17, 15) is 4.79 Å². The number of carbonyl (C=O) groups is 1. The third-order valence-corrected chi connectivity index (χ3v) is 3.08. The average molecular weight is 211 g/mol. The lowest BCUT2D eigenvalue weighted by Gasteiger charge is -2.21. The van der Waals surface area contributed by atoms with Crippen molar-refractivity contribution < 1.29 is 4.79 Å². The van der Waals surface area contributed by atoms with Crippen LogP contribution < -0.4 is 0 Å². The van der Waals surface area contributed by atoms with Gasteiger partial charge in [-0.05, 0) is 12.5 Å². The molecule has 14 heavy (non-hydrogen) atoms. The first-order valence-corrected chi connectivity index (χ1v) is 5.18. The van der Waals surface area contributed by atoms with E-state index in [2.05, 4.69) is 13.8 Å². The van der Waals surface area contributed by atoms with Crippen molar-refractivity contribution in [3.8, 4) is 0 Å². The fraction of sp³-hybridized carbons (Fsp3) is 0.417. The van der Waals surface area contributed by atoms with Crippen LogP contribution in [0.5, 0.6) is 0 Å². The molecule has 0 aliphatic heterocycles. The van der Waals surface area contributed by atoms with E-state index >= 15 is 0 Å². The van der Waals surface area contributed by atoms with Crippen LogP contribution in [0.2, 0.25) is 0 Å². The Hall–Kier alpha value is -0.820. The number of hydrogen-bond donors (Lipinski definition) is 0. The molecule has 1 rings (SSSR count). The molecule has 0 aromatic heterocycles. The molecule has 0 aliphatic carbocycles. The van der Waals surface area contributed by atoms with Gasteiger partial charge in [-0.1, -0.05) is 38.1 Å². The number of Topliss-reactive ketones (excluding diaryl/α,β-unsaturated/α-hetero) is 1. The Labute approximate surface area is 90.1 Å². The maximum absolute atomic E-state index is 11.0. The summed E-state index contributed by atoms with van der Waals surface area (Å²) in [5.74, 6) is 0.673. The molecule has 1 aromatic carbocycles. The van der Waals surface area contributed by atoms with Gasteiger partial charge in [-0.3, -0.25) is 4.79 Å². The lowest BCUT2D eigenvalue weighted by molar-refractivity contribution is 0.101. The second kappa shape index (κ2) is 4.14. The summed E-state index contributed by atoms with van der Waals surface area (Å²) in [6.07, 6.45) is 0. The molecule has 0 saturated carbocycles. The van der Waals surface area contributed by atoms with E-state index in [4.69, 9.17) is 11.6 Å². The second-order valence-corrected chi connectivity index (χ2v) is 4.42. The Morgan fingerprint density at radius 1 is 1.29 bits per heavy atom. The van der Waals surface area contributed by atoms with Gasteiger partial charge in [-0.2, -0.15) is 0 Å². The molecule has 0 bridgehead atoms. The molecule has 0 radical (unpaired) electrons. The molecule has 76 valence electrons. The summed E-state index contributed by atoms with van der Waals surface area (Å²) < 4.78 is 0. The van der Waals surface area contributed by atoms with Crippen LogP contribution in [0.25, 0.3) is 0 Å². The zero-order valence-electron chi connectivity index (χ0n) is 8.80. The molecule has 0 heterocycles. The first-order valence-electron chi connectivity index (χ1n) is 4.65. The predicted molar refractivity (Wildman–Crippen MR) is 60.2 cm³/mol. The van der Waals surface area contributed by atoms with Crippen molar-refractivity contribution in [2.45, 2.75) is 26.2 Å². The highest BCUT2D eigenvalue weighted by Crippen LogP contribution is 2.24. The van der Waals surface area contributed by atoms with Gasteiger partial charge in [0, 0.05) is 16.9 Å². The highest BCUT2D eigenvalue weighted by atomic mass is 35.5. The summed E-state index contributed by atoms with van der Waals surface area (Å²) in [5, 5.41) is 0. The van der Waals surface area contributed by atoms with Gasteiger partial charge < -0.3 is 0 Å². The number of ketones is 1. The van der Waals surface area contributed by atoms with Crippen molar-refractivity contribution in [2.24, 2.45) is 0 Å². The molecule has 0 N–H and O–H groups in total. The van der Waals surface area contributed by atoms with Gasteiger partial charge in [0.1, 0.15) is 0 Å². The predicted octanol–water partition coefficient (Wildman–Crippen LogP) is 3.41. The van der Waals surface area contributed by atoms with Gasteiger partial charge in [-0.25, -0.2) is 0 Å². The standard InChI is InChI=1S/C12H15ClO/c1-9(14)10-4-6-11(7-5-10)12(2,3)8-13/h4-7H,8H2,1-3H3. The quantitative estimate of drug-likeness (QED) is 0.552. The number of carbonyl (C=O) groups excluding carboxylic acids is 1. The lowest BCUT2D eigenvalue weighted by Crippen LogP contribution is -2.18. The number of halogens is 1. The van der Waals surface area contributed by atoms with Crippen LogP contribution in [0.4, 0.5) is 0 Å². The molecule has 0 aliphatic rings. The van der Waals surface area contributed by atoms with Gasteiger partial charge in [0.2, 0.25) is 0 Å². The largest absolute Gasteiger partial charge is 0.295 e. The molecular weight excluding hydrogens is 196 g/mol. The Bertz CT molecular complexity index is 325. The molecule has 1 aromatic rings. The van der Waals surface area contributed by atoms with Crippen LogP contribution >= 0.6 is 11.6 Å². The van der Waals surface area contributed by atoms with E-state index in [1.165, 1.54) is 0 Å². The second-order valence-electron chi connectivity index (χ2n) is 4.15. The molecule has 0 spiro atoms. The summed E-state index contributed by atoms with van der Waals surface area (Å²) >= 11 is 5.86. The fourth-order valence-corrected chi connectivity index (χ4v) is 1.39. The van der Waals surface area contributed by atoms with Crippen LogP contribution in [0.3, 0.4) is 0 Å². The Balaban J connectivity index is 2.99. The minimum absolute atomic E-state index is 0.0309. The zero-order chi connectivity index (χ0) is 10.8. The van der Waals surface area contributed by atoms with Crippen molar-refractivity contribution in [1.29, 1.82) is 0 Å². The number of hydrogen-bond acceptors (Lipinski definition) is 1. The van der Waals surface area contributed by atoms with Crippen LogP contribution in [0, 0.1) is 0 Å². The summed E-state index contributed by atoms with van der Waals surface area (Å²) in [5.41, 5.74) is 1.88. The Morgan fingerprint density at radius 2 is 1.79 bits per heavy atom. The summed E-state index contributed by atoms with van der Waals surface area (Å²) in [4.78, 5) is 11.0. The topological polar surface area (TPSA) is 17.1 Å². The van der Waals surface area contributed by atoms with E-state index in [1.54, 1.807) is 6.92 Å². The van der Waals surface area contributed by atoms with Gasteiger partial charge in [0.15, 0.2) is 5.78 Å². The SMILES string of the molecule is CC(=O)c1ccc(C(C)(C)CCl)cc1. The number of alkyl halides is 1. The molecule has 0 unspecified atom stereocenters. The first kappa shape index (κ1) is 11.3. The number of benzene rings is 1. The smallest absolute Gasteiger partial charge is 0.159 e. The van der Waals surface area contributed by atoms with Gasteiger partial charge in [0.25, 0.3) is 0 Å². The van der Waals surface area contributed by atoms with Gasteiger partial charge in [-0.15, -0.1) is 11.6 Å². The van der Waals surface area contributed by atoms with Gasteiger partial charge >= 0.3 is 0 Å². The van der Waals surface area contributed by atoms with Crippen molar-refractivity contribution in [2.75, 3.05) is 5.88 Å². The van der Waals surface area contributed by atoms with Crippen molar-refractivity contribution in [3.63, 3.8) is 0 Å². The maximum Gasteiger partial charge on any atom is 0.159 e. The lowest BCUT2D eigenvalue weighted by atomic mass is 9.86. The molecule has 0 amide bonds. The molecule has 2 heteroatoms. The van der Waals surface area contributed by atoms with E-state index < -0.39 is 0 Å². The third-order valence-electron chi connectivity index (χ3n) is 2.41. The maximum atomic E-state index is 11.0. The van der Waals surface area contributed by atoms with E-state index in [1.807, 2.05) is 24.3 Å². The van der Waals surface area contributed by atoms with Crippen molar-refractivity contribution >= 4 is 17.4 Å². The van der Waals surface area contributed by atoms with E-state index in [0.29, 0.717) is 5.88 Å². The number of rotatable bonds is 3. The highest BCUT2D eigenvalue weighted by molar-refractivity contribution is 6.18. The summed E-state index contributed by atoms with van der Waals surface area (Å²) in [6.45, 7) is 5.74. The minimum Gasteiger partial charge on any atom is -0.295 e. The van der Waals surface area contributed by atoms with Crippen LogP contribution in [-0.2, 0) is 5.41 Å². The monoisotopic (exact) mass is 210 g/mol. The van der Waals surface area contributed by atoms with E-state index in [-0.39, 0.29) is 11.2 Å². The summed E-state index contributed by atoms with van der Waals surface area (Å²) in [7, 11) is 0. The van der Waals surface area contributed by atoms with Crippen LogP contribution in [0.1, 0.15) is 36.7 Å². The normalized spacial score (nSPS) is 11.4. The Kier molecular flexibility index (Phi) is 3.33. The minimum atomic E-state index is -0.0309. The van der Waals surface area contributed by atoms with Crippen molar-refractivity contribution in [3.05, 3.63) is 35.4 Å². The average Bonchev–Trinajstić information content (AvgIpc) is 2.18. The molecule has 0 atom stereocenters. The first-order chi connectivity index (χ1) is 6.47. The molecular formula is C12H15ClO. The Morgan fingerprint density at radius 3 is 2.14 bits per heavy atom. The van der Waals surface area contributed by atoms with Crippen molar-refractivity contribution in [1.82, 2.24) is 0 Å². The molecule has 0 saturated heterocycles. The molecule has 1 nitrogen and oxygen atoms in total. The fourth-order valence-electron chi connectivity index (χ4n) is 1.23. The van der Waals surface area contributed by atoms with Crippen LogP contribution in [0.15, 0.2) is 24.3 Å². The van der Waals surface area contributed by atoms with E-state index in [0.717, 1.165) is 11.1 Å². The highest BCUT2D eigenvalue weighted by Gasteiger charge is 2.18.